The highest BCUT2D eigenvalue weighted by atomic mass is 35.5. The van der Waals surface area contributed by atoms with Gasteiger partial charge in [0.1, 0.15) is 5.75 Å². The summed E-state index contributed by atoms with van der Waals surface area (Å²) in [7, 11) is 0. The zero-order valence-electron chi connectivity index (χ0n) is 16.5. The van der Waals surface area contributed by atoms with E-state index in [0.717, 1.165) is 49.1 Å². The molecule has 0 radical (unpaired) electrons. The van der Waals surface area contributed by atoms with Gasteiger partial charge in [-0.25, -0.2) is 9.97 Å². The van der Waals surface area contributed by atoms with Gasteiger partial charge in [-0.05, 0) is 62.5 Å². The summed E-state index contributed by atoms with van der Waals surface area (Å²) >= 11 is 5.12. The van der Waals surface area contributed by atoms with Crippen LogP contribution in [-0.2, 0) is 11.6 Å². The molecule has 1 aromatic carbocycles. The Hall–Kier alpha value is -1.99. The lowest BCUT2D eigenvalue weighted by Crippen LogP contribution is -2.35. The number of ether oxygens (including phenoxy) is 1. The molecule has 0 N–H and O–H groups in total. The smallest absolute Gasteiger partial charge is 0.335 e. The first-order valence-electron chi connectivity index (χ1n) is 9.94. The van der Waals surface area contributed by atoms with E-state index < -0.39 is 11.6 Å². The molecule has 1 saturated heterocycles. The van der Waals surface area contributed by atoms with Crippen molar-refractivity contribution in [1.82, 2.24) is 9.97 Å². The second kappa shape index (κ2) is 10.7. The fourth-order valence-corrected chi connectivity index (χ4v) is 4.24. The lowest BCUT2D eigenvalue weighted by atomic mass is 9.90. The maximum atomic E-state index is 8.29. The van der Waals surface area contributed by atoms with Gasteiger partial charge in [-0.1, -0.05) is 29.3 Å². The minimum Gasteiger partial charge on any atom is -0.494 e. The van der Waals surface area contributed by atoms with E-state index in [1.54, 1.807) is 12.4 Å². The van der Waals surface area contributed by atoms with Gasteiger partial charge in [0.25, 0.3) is 0 Å². The summed E-state index contributed by atoms with van der Waals surface area (Å²) in [5.41, 5.74) is 1.27. The van der Waals surface area contributed by atoms with Gasteiger partial charge in [-0.3, -0.25) is 0 Å². The van der Waals surface area contributed by atoms with Crippen LogP contribution in [0.3, 0.4) is 0 Å². The van der Waals surface area contributed by atoms with Crippen LogP contribution >= 0.6 is 11.6 Å². The van der Waals surface area contributed by atoms with Gasteiger partial charge in [-0.2, -0.15) is 8.42 Å². The van der Waals surface area contributed by atoms with E-state index in [0.29, 0.717) is 5.02 Å². The van der Waals surface area contributed by atoms with Crippen LogP contribution in [0, 0.1) is 24.7 Å². The number of hydrogen-bond donors (Lipinski definition) is 0. The summed E-state index contributed by atoms with van der Waals surface area (Å²) in [4.78, 5) is 11.0. The fraction of sp³-hybridized carbons (Fsp3) is 0.524. The Balaban J connectivity index is 0.000000755. The van der Waals surface area contributed by atoms with Crippen LogP contribution in [0.15, 0.2) is 36.7 Å². The average molecular weight is 436 g/mol. The number of piperidine rings is 1. The van der Waals surface area contributed by atoms with Crippen molar-refractivity contribution in [2.45, 2.75) is 32.6 Å². The zero-order chi connectivity index (χ0) is 20.6. The Morgan fingerprint density at radius 3 is 2.38 bits per heavy atom. The molecule has 29 heavy (non-hydrogen) atoms. The van der Waals surface area contributed by atoms with Gasteiger partial charge in [-0.15, -0.1) is 0 Å². The standard InChI is InChI=1S/C21H26ClN3O.O2S/c1-15-2-4-19(5-3-15)26-11-8-17-12-20(17)16-6-9-25(10-7-16)21-23-13-18(22)14-24-21;1-3-2/h2-5,13-14,16-17,20H,6-12H2,1H3;/t17-,20+;/m0./s1. The minimum atomic E-state index is -0.750. The van der Waals surface area contributed by atoms with Crippen molar-refractivity contribution >= 4 is 29.1 Å². The second-order valence-corrected chi connectivity index (χ2v) is 8.28. The number of halogens is 1. The maximum Gasteiger partial charge on any atom is 0.335 e. The lowest BCUT2D eigenvalue weighted by molar-refractivity contribution is 0.284. The molecule has 6 nitrogen and oxygen atoms in total. The summed E-state index contributed by atoms with van der Waals surface area (Å²) in [6, 6.07) is 8.34. The van der Waals surface area contributed by atoms with Crippen LogP contribution in [-0.4, -0.2) is 38.1 Å². The number of aromatic nitrogens is 2. The van der Waals surface area contributed by atoms with Gasteiger partial charge in [0, 0.05) is 13.1 Å². The summed E-state index contributed by atoms with van der Waals surface area (Å²) in [6.07, 6.45) is 8.40. The highest BCUT2D eigenvalue weighted by molar-refractivity contribution is 7.51. The Morgan fingerprint density at radius 2 is 1.76 bits per heavy atom. The normalized spacial score (nSPS) is 21.1. The van der Waals surface area contributed by atoms with Crippen molar-refractivity contribution in [1.29, 1.82) is 0 Å². The molecule has 0 bridgehead atoms. The highest BCUT2D eigenvalue weighted by Crippen LogP contribution is 2.49. The number of nitrogens with zero attached hydrogens (tertiary/aromatic N) is 3. The van der Waals surface area contributed by atoms with Crippen LogP contribution in [0.4, 0.5) is 5.95 Å². The van der Waals surface area contributed by atoms with E-state index in [-0.39, 0.29) is 0 Å². The van der Waals surface area contributed by atoms with E-state index in [1.807, 2.05) is 0 Å². The molecule has 2 fully saturated rings. The number of rotatable bonds is 6. The first kappa shape index (κ1) is 21.7. The number of benzene rings is 1. The summed E-state index contributed by atoms with van der Waals surface area (Å²) in [5, 5.41) is 0.595. The van der Waals surface area contributed by atoms with Crippen molar-refractivity contribution in [3.05, 3.63) is 47.2 Å². The van der Waals surface area contributed by atoms with E-state index in [2.05, 4.69) is 46.1 Å². The number of hydrogen-bond acceptors (Lipinski definition) is 6. The van der Waals surface area contributed by atoms with Crippen molar-refractivity contribution in [2.75, 3.05) is 24.6 Å². The third-order valence-electron chi connectivity index (χ3n) is 5.79. The van der Waals surface area contributed by atoms with Crippen LogP contribution in [0.5, 0.6) is 5.75 Å². The van der Waals surface area contributed by atoms with Crippen LogP contribution < -0.4 is 9.64 Å². The van der Waals surface area contributed by atoms with Crippen LogP contribution in [0.2, 0.25) is 5.02 Å². The average Bonchev–Trinajstić information content (AvgIpc) is 3.50. The lowest BCUT2D eigenvalue weighted by Gasteiger charge is -2.32. The summed E-state index contributed by atoms with van der Waals surface area (Å²) < 4.78 is 22.5. The molecule has 2 atom stereocenters. The molecule has 8 heteroatoms. The topological polar surface area (TPSA) is 72.4 Å². The third kappa shape index (κ3) is 6.51. The molecule has 0 amide bonds. The monoisotopic (exact) mass is 435 g/mol. The summed E-state index contributed by atoms with van der Waals surface area (Å²) in [6.45, 7) is 5.04. The Bertz CT molecular complexity index is 805. The van der Waals surface area contributed by atoms with E-state index in [1.165, 1.54) is 31.2 Å². The van der Waals surface area contributed by atoms with Crippen LogP contribution in [0.25, 0.3) is 0 Å². The van der Waals surface area contributed by atoms with Gasteiger partial charge in [0.2, 0.25) is 5.95 Å². The second-order valence-electron chi connectivity index (χ2n) is 7.70. The molecule has 2 heterocycles. The maximum absolute atomic E-state index is 8.29. The molecular weight excluding hydrogens is 410 g/mol. The predicted octanol–water partition coefficient (Wildman–Crippen LogP) is 4.09. The van der Waals surface area contributed by atoms with Crippen molar-refractivity contribution in [3.8, 4) is 5.75 Å². The zero-order valence-corrected chi connectivity index (χ0v) is 18.1. The van der Waals surface area contributed by atoms with E-state index >= 15 is 0 Å². The molecule has 0 spiro atoms. The molecule has 1 aliphatic heterocycles. The minimum absolute atomic E-state index is 0.595. The predicted molar refractivity (Wildman–Crippen MR) is 114 cm³/mol. The fourth-order valence-electron chi connectivity index (χ4n) is 4.14. The SMILES string of the molecule is Cc1ccc(OCC[C@H]2C[C@@H]2C2CCN(c3ncc(Cl)cn3)CC2)cc1.O=S=O. The largest absolute Gasteiger partial charge is 0.494 e. The number of anilines is 1. The van der Waals surface area contributed by atoms with Gasteiger partial charge < -0.3 is 9.64 Å². The molecule has 156 valence electrons. The van der Waals surface area contributed by atoms with Crippen LogP contribution in [0.1, 0.15) is 31.2 Å². The molecule has 2 aromatic rings. The molecule has 4 rings (SSSR count). The number of aryl methyl sites for hydroxylation is 1. The Kier molecular flexibility index (Phi) is 8.00. The van der Waals surface area contributed by atoms with E-state index in [4.69, 9.17) is 24.8 Å². The van der Waals surface area contributed by atoms with Crippen molar-refractivity contribution in [2.24, 2.45) is 17.8 Å². The first-order valence-corrected chi connectivity index (χ1v) is 11.0. The van der Waals surface area contributed by atoms with E-state index in [9.17, 15) is 0 Å². The highest BCUT2D eigenvalue weighted by Gasteiger charge is 2.43. The summed E-state index contributed by atoms with van der Waals surface area (Å²) in [5.74, 6) is 4.40. The quantitative estimate of drug-likeness (QED) is 0.680. The van der Waals surface area contributed by atoms with Gasteiger partial charge >= 0.3 is 11.6 Å². The van der Waals surface area contributed by atoms with Gasteiger partial charge in [0.05, 0.1) is 24.0 Å². The first-order chi connectivity index (χ1) is 14.1. The van der Waals surface area contributed by atoms with Crippen molar-refractivity contribution < 1.29 is 13.2 Å². The van der Waals surface area contributed by atoms with Gasteiger partial charge in [0.15, 0.2) is 0 Å². The third-order valence-corrected chi connectivity index (χ3v) is 5.99. The molecule has 1 aromatic heterocycles. The molecule has 1 aliphatic carbocycles. The molecule has 2 aliphatic rings. The Morgan fingerprint density at radius 1 is 1.14 bits per heavy atom. The Labute approximate surface area is 180 Å². The molecular formula is C21H26ClN3O3S. The molecule has 1 saturated carbocycles. The molecule has 0 unspecified atom stereocenters. The van der Waals surface area contributed by atoms with Crippen molar-refractivity contribution in [3.63, 3.8) is 0 Å².